The molecule has 2 aromatic rings. The van der Waals surface area contributed by atoms with Crippen LogP contribution in [-0.2, 0) is 4.79 Å². The van der Waals surface area contributed by atoms with Gasteiger partial charge in [0.1, 0.15) is 0 Å². The van der Waals surface area contributed by atoms with Gasteiger partial charge in [-0.25, -0.2) is 0 Å². The van der Waals surface area contributed by atoms with E-state index in [9.17, 15) is 9.59 Å². The first-order chi connectivity index (χ1) is 12.5. The van der Waals surface area contributed by atoms with Crippen LogP contribution in [0, 0.1) is 5.92 Å². The van der Waals surface area contributed by atoms with Crippen LogP contribution < -0.4 is 10.2 Å². The van der Waals surface area contributed by atoms with Crippen molar-refractivity contribution >= 4 is 23.2 Å². The predicted molar refractivity (Wildman–Crippen MR) is 104 cm³/mol. The van der Waals surface area contributed by atoms with Gasteiger partial charge < -0.3 is 15.1 Å². The summed E-state index contributed by atoms with van der Waals surface area (Å²) in [6, 6.07) is 17.0. The number of benzene rings is 2. The molecule has 1 aliphatic heterocycles. The molecule has 0 aromatic heterocycles. The molecule has 5 heteroatoms. The minimum Gasteiger partial charge on any atom is -0.378 e. The normalized spacial score (nSPS) is 16.8. The maximum Gasteiger partial charge on any atom is 0.253 e. The molecule has 1 atom stereocenters. The van der Waals surface area contributed by atoms with Crippen LogP contribution in [0.2, 0.25) is 0 Å². The van der Waals surface area contributed by atoms with Gasteiger partial charge in [0, 0.05) is 44.1 Å². The second kappa shape index (κ2) is 8.04. The van der Waals surface area contributed by atoms with Gasteiger partial charge in [-0.2, -0.15) is 0 Å². The molecule has 0 bridgehead atoms. The summed E-state index contributed by atoms with van der Waals surface area (Å²) in [5, 5.41) is 2.95. The van der Waals surface area contributed by atoms with Crippen LogP contribution in [0.15, 0.2) is 54.6 Å². The molecule has 2 amide bonds. The second-order valence-corrected chi connectivity index (χ2v) is 6.89. The van der Waals surface area contributed by atoms with Crippen LogP contribution in [-0.4, -0.2) is 43.9 Å². The zero-order chi connectivity index (χ0) is 18.5. The van der Waals surface area contributed by atoms with Crippen molar-refractivity contribution in [2.24, 2.45) is 5.92 Å². The number of para-hydroxylation sites is 1. The Balaban J connectivity index is 1.67. The number of nitrogens with one attached hydrogen (secondary N) is 1. The zero-order valence-corrected chi connectivity index (χ0v) is 15.3. The lowest BCUT2D eigenvalue weighted by Gasteiger charge is -2.32. The van der Waals surface area contributed by atoms with Gasteiger partial charge in [-0.15, -0.1) is 0 Å². The Morgan fingerprint density at radius 3 is 2.58 bits per heavy atom. The number of likely N-dealkylation sites (tertiary alicyclic amines) is 1. The number of hydrogen-bond donors (Lipinski definition) is 1. The lowest BCUT2D eigenvalue weighted by Crippen LogP contribution is -2.43. The molecule has 2 aromatic carbocycles. The van der Waals surface area contributed by atoms with Gasteiger partial charge in [0.05, 0.1) is 5.92 Å². The minimum absolute atomic E-state index is 0.00842. The number of anilines is 2. The summed E-state index contributed by atoms with van der Waals surface area (Å²) in [6.45, 7) is 1.16. The molecule has 1 heterocycles. The molecule has 0 spiro atoms. The number of hydrogen-bond acceptors (Lipinski definition) is 3. The molecule has 1 N–H and O–H groups in total. The van der Waals surface area contributed by atoms with Gasteiger partial charge in [-0.3, -0.25) is 9.59 Å². The molecule has 0 saturated carbocycles. The largest absolute Gasteiger partial charge is 0.378 e. The van der Waals surface area contributed by atoms with Gasteiger partial charge in [-0.05, 0) is 43.2 Å². The fourth-order valence-corrected chi connectivity index (χ4v) is 3.24. The molecule has 5 nitrogen and oxygen atoms in total. The Hall–Kier alpha value is -2.82. The second-order valence-electron chi connectivity index (χ2n) is 6.89. The summed E-state index contributed by atoms with van der Waals surface area (Å²) in [6.07, 6.45) is 1.65. The minimum atomic E-state index is -0.176. The van der Waals surface area contributed by atoms with Gasteiger partial charge in [0.15, 0.2) is 0 Å². The lowest BCUT2D eigenvalue weighted by atomic mass is 9.96. The highest BCUT2D eigenvalue weighted by atomic mass is 16.2. The van der Waals surface area contributed by atoms with Crippen LogP contribution >= 0.6 is 0 Å². The van der Waals surface area contributed by atoms with Crippen LogP contribution in [0.5, 0.6) is 0 Å². The average Bonchev–Trinajstić information content (AvgIpc) is 2.68. The van der Waals surface area contributed by atoms with Gasteiger partial charge in [0.2, 0.25) is 5.91 Å². The fourth-order valence-electron chi connectivity index (χ4n) is 3.24. The molecule has 1 saturated heterocycles. The molecule has 0 radical (unpaired) electrons. The number of rotatable bonds is 4. The summed E-state index contributed by atoms with van der Waals surface area (Å²) in [4.78, 5) is 29.2. The molecule has 136 valence electrons. The smallest absolute Gasteiger partial charge is 0.253 e. The summed E-state index contributed by atoms with van der Waals surface area (Å²) in [5.74, 6) is -0.202. The first-order valence-corrected chi connectivity index (χ1v) is 8.97. The molecule has 1 aliphatic rings. The first-order valence-electron chi connectivity index (χ1n) is 8.97. The van der Waals surface area contributed by atoms with E-state index in [2.05, 4.69) is 5.32 Å². The highest BCUT2D eigenvalue weighted by Crippen LogP contribution is 2.22. The van der Waals surface area contributed by atoms with E-state index < -0.39 is 0 Å². The van der Waals surface area contributed by atoms with Gasteiger partial charge in [-0.1, -0.05) is 24.3 Å². The SMILES string of the molecule is CN(C)c1cccc(C(=O)N2CCCC(C(=O)Nc3ccccc3)C2)c1. The third-order valence-corrected chi connectivity index (χ3v) is 4.73. The third kappa shape index (κ3) is 4.23. The Morgan fingerprint density at radius 1 is 1.08 bits per heavy atom. The summed E-state index contributed by atoms with van der Waals surface area (Å²) < 4.78 is 0. The number of piperidine rings is 1. The topological polar surface area (TPSA) is 52.7 Å². The van der Waals surface area contributed by atoms with Crippen molar-refractivity contribution in [1.29, 1.82) is 0 Å². The Bertz CT molecular complexity index is 774. The lowest BCUT2D eigenvalue weighted by molar-refractivity contribution is -0.121. The van der Waals surface area contributed by atoms with Crippen LogP contribution in [0.3, 0.4) is 0 Å². The molecule has 1 unspecified atom stereocenters. The first kappa shape index (κ1) is 18.0. The van der Waals surface area contributed by atoms with E-state index in [1.165, 1.54) is 0 Å². The van der Waals surface area contributed by atoms with Crippen LogP contribution in [0.1, 0.15) is 23.2 Å². The van der Waals surface area contributed by atoms with E-state index in [4.69, 9.17) is 0 Å². The van der Waals surface area contributed by atoms with Gasteiger partial charge in [0.25, 0.3) is 5.91 Å². The highest BCUT2D eigenvalue weighted by Gasteiger charge is 2.29. The van der Waals surface area contributed by atoms with E-state index in [1.807, 2.05) is 73.6 Å². The Labute approximate surface area is 154 Å². The van der Waals surface area contributed by atoms with Crippen molar-refractivity contribution in [3.63, 3.8) is 0 Å². The maximum atomic E-state index is 12.9. The van der Waals surface area contributed by atoms with Crippen molar-refractivity contribution in [2.75, 3.05) is 37.4 Å². The number of carbonyl (C=O) groups excluding carboxylic acids is 2. The van der Waals surface area contributed by atoms with E-state index in [1.54, 1.807) is 4.90 Å². The molecule has 3 rings (SSSR count). The summed E-state index contributed by atoms with van der Waals surface area (Å²) in [7, 11) is 3.91. The van der Waals surface area contributed by atoms with Crippen molar-refractivity contribution in [1.82, 2.24) is 4.90 Å². The standard InChI is InChI=1S/C21H25N3O2/c1-23(2)19-12-6-8-16(14-19)21(26)24-13-7-9-17(15-24)20(25)22-18-10-4-3-5-11-18/h3-6,8,10-12,14,17H,7,9,13,15H2,1-2H3,(H,22,25). The number of carbonyl (C=O) groups is 2. The Kier molecular flexibility index (Phi) is 5.56. The maximum absolute atomic E-state index is 12.9. The number of nitrogens with zero attached hydrogens (tertiary/aromatic N) is 2. The molecule has 1 fully saturated rings. The zero-order valence-electron chi connectivity index (χ0n) is 15.3. The average molecular weight is 351 g/mol. The van der Waals surface area contributed by atoms with E-state index in [0.717, 1.165) is 24.2 Å². The van der Waals surface area contributed by atoms with E-state index in [0.29, 0.717) is 18.7 Å². The van der Waals surface area contributed by atoms with E-state index >= 15 is 0 Å². The highest BCUT2D eigenvalue weighted by molar-refractivity contribution is 5.97. The molecule has 26 heavy (non-hydrogen) atoms. The third-order valence-electron chi connectivity index (χ3n) is 4.73. The molecule has 0 aliphatic carbocycles. The van der Waals surface area contributed by atoms with Crippen LogP contribution in [0.25, 0.3) is 0 Å². The summed E-state index contributed by atoms with van der Waals surface area (Å²) >= 11 is 0. The molecular formula is C21H25N3O2. The summed E-state index contributed by atoms with van der Waals surface area (Å²) in [5.41, 5.74) is 2.45. The van der Waals surface area contributed by atoms with Crippen molar-refractivity contribution < 1.29 is 9.59 Å². The number of amides is 2. The van der Waals surface area contributed by atoms with Crippen LogP contribution in [0.4, 0.5) is 11.4 Å². The molecular weight excluding hydrogens is 326 g/mol. The fraction of sp³-hybridized carbons (Fsp3) is 0.333. The van der Waals surface area contributed by atoms with Gasteiger partial charge >= 0.3 is 0 Å². The predicted octanol–water partition coefficient (Wildman–Crippen LogP) is 3.24. The van der Waals surface area contributed by atoms with Crippen molar-refractivity contribution in [3.05, 3.63) is 60.2 Å². The van der Waals surface area contributed by atoms with E-state index in [-0.39, 0.29) is 17.7 Å². The monoisotopic (exact) mass is 351 g/mol. The Morgan fingerprint density at radius 2 is 1.85 bits per heavy atom. The quantitative estimate of drug-likeness (QED) is 0.920. The van der Waals surface area contributed by atoms with Crippen molar-refractivity contribution in [3.8, 4) is 0 Å². The van der Waals surface area contributed by atoms with Crippen molar-refractivity contribution in [2.45, 2.75) is 12.8 Å².